The number of nitrogens with zero attached hydrogens (tertiary/aromatic N) is 1. The van der Waals surface area contributed by atoms with Crippen molar-refractivity contribution in [2.45, 2.75) is 18.4 Å². The van der Waals surface area contributed by atoms with Crippen molar-refractivity contribution in [2.24, 2.45) is 0 Å². The van der Waals surface area contributed by atoms with Gasteiger partial charge in [0, 0.05) is 18.1 Å². The lowest BCUT2D eigenvalue weighted by Gasteiger charge is -2.37. The van der Waals surface area contributed by atoms with Crippen LogP contribution in [0.5, 0.6) is 0 Å². The van der Waals surface area contributed by atoms with E-state index < -0.39 is 11.7 Å². The molecule has 2 N–H and O–H groups in total. The zero-order valence-electron chi connectivity index (χ0n) is 9.27. The number of rotatable bonds is 1. The van der Waals surface area contributed by atoms with Crippen LogP contribution in [0.4, 0.5) is 4.79 Å². The Morgan fingerprint density at radius 1 is 1.35 bits per heavy atom. The molecule has 0 saturated carbocycles. The molecule has 0 aliphatic carbocycles. The molecule has 17 heavy (non-hydrogen) atoms. The largest absolute Gasteiger partial charge is 0.465 e. The fraction of sp³-hybridized carbons (Fsp3) is 0.417. The summed E-state index contributed by atoms with van der Waals surface area (Å²) < 4.78 is 0. The summed E-state index contributed by atoms with van der Waals surface area (Å²) in [6.45, 7) is 0.691. The van der Waals surface area contributed by atoms with Crippen molar-refractivity contribution >= 4 is 17.7 Å². The second-order valence-corrected chi connectivity index (χ2v) is 4.75. The summed E-state index contributed by atoms with van der Waals surface area (Å²) in [7, 11) is 0. The molecule has 0 spiro atoms. The van der Waals surface area contributed by atoms with Crippen molar-refractivity contribution in [1.82, 2.24) is 4.90 Å². The molecule has 2 rings (SSSR count). The van der Waals surface area contributed by atoms with Gasteiger partial charge in [-0.2, -0.15) is 0 Å². The monoisotopic (exact) mass is 255 g/mol. The third kappa shape index (κ3) is 2.53. The highest BCUT2D eigenvalue weighted by atomic mass is 35.5. The van der Waals surface area contributed by atoms with E-state index in [1.54, 1.807) is 18.2 Å². The minimum Gasteiger partial charge on any atom is -0.465 e. The third-order valence-corrected chi connectivity index (χ3v) is 3.46. The summed E-state index contributed by atoms with van der Waals surface area (Å²) in [4.78, 5) is 12.1. The summed E-state index contributed by atoms with van der Waals surface area (Å²) in [5.74, 6) is 0. The number of hydrogen-bond acceptors (Lipinski definition) is 2. The van der Waals surface area contributed by atoms with Gasteiger partial charge in [-0.3, -0.25) is 0 Å². The quantitative estimate of drug-likeness (QED) is 0.810. The van der Waals surface area contributed by atoms with Crippen LogP contribution < -0.4 is 0 Å². The molecule has 0 unspecified atom stereocenters. The Hall–Kier alpha value is -1.26. The topological polar surface area (TPSA) is 60.8 Å². The highest BCUT2D eigenvalue weighted by molar-refractivity contribution is 6.30. The Bertz CT molecular complexity index is 428. The van der Waals surface area contributed by atoms with Crippen LogP contribution in [0.2, 0.25) is 5.02 Å². The second kappa shape index (κ2) is 4.55. The van der Waals surface area contributed by atoms with E-state index >= 15 is 0 Å². The van der Waals surface area contributed by atoms with Gasteiger partial charge < -0.3 is 15.1 Å². The van der Waals surface area contributed by atoms with Gasteiger partial charge in [-0.1, -0.05) is 23.7 Å². The van der Waals surface area contributed by atoms with E-state index in [0.717, 1.165) is 5.56 Å². The minimum atomic E-state index is -0.961. The smallest absolute Gasteiger partial charge is 0.407 e. The SMILES string of the molecule is O=C(O)N1CCC(O)(c2cccc(Cl)c2)CC1. The number of amides is 1. The van der Waals surface area contributed by atoms with Crippen molar-refractivity contribution in [3.05, 3.63) is 34.9 Å². The van der Waals surface area contributed by atoms with Crippen molar-refractivity contribution in [3.63, 3.8) is 0 Å². The van der Waals surface area contributed by atoms with Gasteiger partial charge >= 0.3 is 6.09 Å². The molecule has 1 aromatic rings. The molecule has 0 atom stereocenters. The number of carbonyl (C=O) groups is 1. The van der Waals surface area contributed by atoms with E-state index in [9.17, 15) is 9.90 Å². The first-order chi connectivity index (χ1) is 8.01. The maximum atomic E-state index is 10.8. The van der Waals surface area contributed by atoms with E-state index in [0.29, 0.717) is 31.0 Å². The highest BCUT2D eigenvalue weighted by Crippen LogP contribution is 2.33. The van der Waals surface area contributed by atoms with Crippen LogP contribution in [0.15, 0.2) is 24.3 Å². The average Bonchev–Trinajstić information content (AvgIpc) is 2.29. The van der Waals surface area contributed by atoms with Gasteiger partial charge in [-0.05, 0) is 30.5 Å². The molecule has 1 amide bonds. The van der Waals surface area contributed by atoms with Gasteiger partial charge in [0.15, 0.2) is 0 Å². The van der Waals surface area contributed by atoms with E-state index in [-0.39, 0.29) is 0 Å². The highest BCUT2D eigenvalue weighted by Gasteiger charge is 2.35. The van der Waals surface area contributed by atoms with E-state index in [2.05, 4.69) is 0 Å². The van der Waals surface area contributed by atoms with E-state index in [1.165, 1.54) is 4.90 Å². The Labute approximate surface area is 104 Å². The lowest BCUT2D eigenvalue weighted by atomic mass is 9.84. The Balaban J connectivity index is 2.14. The zero-order valence-corrected chi connectivity index (χ0v) is 10.0. The zero-order chi connectivity index (χ0) is 12.5. The van der Waals surface area contributed by atoms with E-state index in [4.69, 9.17) is 16.7 Å². The fourth-order valence-electron chi connectivity index (χ4n) is 2.13. The molecule has 1 fully saturated rings. The average molecular weight is 256 g/mol. The van der Waals surface area contributed by atoms with Gasteiger partial charge in [-0.15, -0.1) is 0 Å². The molecule has 1 aromatic carbocycles. The Morgan fingerprint density at radius 2 is 2.00 bits per heavy atom. The molecule has 92 valence electrons. The molecule has 0 aromatic heterocycles. The molecule has 0 radical (unpaired) electrons. The first-order valence-electron chi connectivity index (χ1n) is 5.47. The summed E-state index contributed by atoms with van der Waals surface area (Å²) in [5, 5.41) is 19.9. The number of halogens is 1. The number of piperidine rings is 1. The Kier molecular flexibility index (Phi) is 3.26. The lowest BCUT2D eigenvalue weighted by Crippen LogP contribution is -2.44. The molecule has 1 aliphatic heterocycles. The third-order valence-electron chi connectivity index (χ3n) is 3.22. The first kappa shape index (κ1) is 12.2. The van der Waals surface area contributed by atoms with Gasteiger partial charge in [0.1, 0.15) is 0 Å². The number of aliphatic hydroxyl groups is 1. The molecule has 0 bridgehead atoms. The lowest BCUT2D eigenvalue weighted by molar-refractivity contribution is -0.0213. The first-order valence-corrected chi connectivity index (χ1v) is 5.85. The second-order valence-electron chi connectivity index (χ2n) is 4.31. The molecule has 5 heteroatoms. The molecule has 4 nitrogen and oxygen atoms in total. The van der Waals surface area contributed by atoms with Crippen LogP contribution in [0.1, 0.15) is 18.4 Å². The summed E-state index contributed by atoms with van der Waals surface area (Å²) >= 11 is 5.89. The minimum absolute atomic E-state index is 0.346. The van der Waals surface area contributed by atoms with Gasteiger partial charge in [0.2, 0.25) is 0 Å². The standard InChI is InChI=1S/C12H14ClNO3/c13-10-3-1-2-9(8-10)12(17)4-6-14(7-5-12)11(15)16/h1-3,8,17H,4-7H2,(H,15,16). The van der Waals surface area contributed by atoms with Crippen LogP contribution in [-0.4, -0.2) is 34.3 Å². The number of carboxylic acid groups (broad SMARTS) is 1. The van der Waals surface area contributed by atoms with Crippen molar-refractivity contribution in [1.29, 1.82) is 0 Å². The molecular weight excluding hydrogens is 242 g/mol. The summed E-state index contributed by atoms with van der Waals surface area (Å²) in [6.07, 6.45) is -0.127. The maximum Gasteiger partial charge on any atom is 0.407 e. The van der Waals surface area contributed by atoms with Gasteiger partial charge in [0.05, 0.1) is 5.60 Å². The van der Waals surface area contributed by atoms with Crippen LogP contribution in [0.25, 0.3) is 0 Å². The van der Waals surface area contributed by atoms with Crippen LogP contribution in [0.3, 0.4) is 0 Å². The predicted octanol–water partition coefficient (Wildman–Crippen LogP) is 2.30. The van der Waals surface area contributed by atoms with Crippen molar-refractivity contribution < 1.29 is 15.0 Å². The summed E-state index contributed by atoms with van der Waals surface area (Å²) in [5.41, 5.74) is -0.202. The molecular formula is C12H14ClNO3. The normalized spacial score (nSPS) is 19.1. The number of hydrogen-bond donors (Lipinski definition) is 2. The molecule has 1 aliphatic rings. The Morgan fingerprint density at radius 3 is 2.53 bits per heavy atom. The van der Waals surface area contributed by atoms with Crippen molar-refractivity contribution in [2.75, 3.05) is 13.1 Å². The fourth-order valence-corrected chi connectivity index (χ4v) is 2.32. The van der Waals surface area contributed by atoms with Crippen LogP contribution in [-0.2, 0) is 5.60 Å². The van der Waals surface area contributed by atoms with Crippen molar-refractivity contribution in [3.8, 4) is 0 Å². The molecule has 1 saturated heterocycles. The predicted molar refractivity (Wildman–Crippen MR) is 64.2 cm³/mol. The number of likely N-dealkylation sites (tertiary alicyclic amines) is 1. The van der Waals surface area contributed by atoms with Crippen LogP contribution in [0, 0.1) is 0 Å². The maximum absolute atomic E-state index is 10.8. The van der Waals surface area contributed by atoms with Crippen LogP contribution >= 0.6 is 11.6 Å². The van der Waals surface area contributed by atoms with Gasteiger partial charge in [0.25, 0.3) is 0 Å². The molecule has 1 heterocycles. The summed E-state index contributed by atoms with van der Waals surface area (Å²) in [6, 6.07) is 7.10. The number of benzene rings is 1. The van der Waals surface area contributed by atoms with E-state index in [1.807, 2.05) is 6.07 Å². The van der Waals surface area contributed by atoms with Gasteiger partial charge in [-0.25, -0.2) is 4.79 Å².